The van der Waals surface area contributed by atoms with Gasteiger partial charge in [-0.25, -0.2) is 9.18 Å². The summed E-state index contributed by atoms with van der Waals surface area (Å²) in [6.07, 6.45) is 4.58. The van der Waals surface area contributed by atoms with Crippen molar-refractivity contribution in [1.82, 2.24) is 0 Å². The van der Waals surface area contributed by atoms with E-state index in [1.807, 2.05) is 48.6 Å². The van der Waals surface area contributed by atoms with Gasteiger partial charge in [0.05, 0.1) is 5.56 Å². The molecule has 0 amide bonds. The van der Waals surface area contributed by atoms with Crippen LogP contribution in [0.1, 0.15) is 32.6 Å². The van der Waals surface area contributed by atoms with Crippen molar-refractivity contribution < 1.29 is 14.3 Å². The number of carboxylic acid groups (broad SMARTS) is 1. The number of carboxylic acids is 1. The lowest BCUT2D eigenvalue weighted by molar-refractivity contribution is 0.0696. The molecule has 0 spiro atoms. The Kier molecular flexibility index (Phi) is 6.04. The van der Waals surface area contributed by atoms with Crippen LogP contribution in [-0.4, -0.2) is 11.1 Å². The van der Waals surface area contributed by atoms with Gasteiger partial charge in [0.25, 0.3) is 0 Å². The Morgan fingerprint density at radius 3 is 2.06 bits per heavy atom. The largest absolute Gasteiger partial charge is 0.478 e. The summed E-state index contributed by atoms with van der Waals surface area (Å²) in [6, 6.07) is 29.8. The highest BCUT2D eigenvalue weighted by molar-refractivity contribution is 5.94. The molecule has 1 N–H and O–H groups in total. The topological polar surface area (TPSA) is 37.3 Å². The number of carbonyl (C=O) groups is 1. The van der Waals surface area contributed by atoms with Gasteiger partial charge in [-0.2, -0.15) is 0 Å². The van der Waals surface area contributed by atoms with Crippen LogP contribution in [0.25, 0.3) is 23.3 Å². The van der Waals surface area contributed by atoms with E-state index in [0.29, 0.717) is 5.56 Å². The molecule has 0 aliphatic carbocycles. The van der Waals surface area contributed by atoms with Gasteiger partial charge < -0.3 is 5.11 Å². The molecule has 0 aromatic heterocycles. The van der Waals surface area contributed by atoms with Gasteiger partial charge in [-0.3, -0.25) is 0 Å². The van der Waals surface area contributed by atoms with Gasteiger partial charge in [0.15, 0.2) is 0 Å². The van der Waals surface area contributed by atoms with Crippen molar-refractivity contribution in [2.75, 3.05) is 0 Å². The molecule has 4 aromatic rings. The molecule has 0 unspecified atom stereocenters. The Bertz CT molecular complexity index is 1210. The van der Waals surface area contributed by atoms with Crippen LogP contribution in [0.3, 0.4) is 0 Å². The molecule has 2 nitrogen and oxygen atoms in total. The van der Waals surface area contributed by atoms with Crippen LogP contribution in [0.2, 0.25) is 0 Å². The molecule has 0 atom stereocenters. The summed E-state index contributed by atoms with van der Waals surface area (Å²) < 4.78 is 13.2. The van der Waals surface area contributed by atoms with Crippen LogP contribution < -0.4 is 0 Å². The highest BCUT2D eigenvalue weighted by Gasteiger charge is 2.10. The van der Waals surface area contributed by atoms with Crippen molar-refractivity contribution in [3.05, 3.63) is 131 Å². The Morgan fingerprint density at radius 2 is 1.39 bits per heavy atom. The number of hydrogen-bond acceptors (Lipinski definition) is 1. The summed E-state index contributed by atoms with van der Waals surface area (Å²) in [5.41, 5.74) is 5.95. The van der Waals surface area contributed by atoms with Crippen LogP contribution in [0.4, 0.5) is 4.39 Å². The number of halogens is 1. The van der Waals surface area contributed by atoms with Crippen molar-refractivity contribution in [2.24, 2.45) is 0 Å². The number of benzene rings is 4. The molecule has 0 fully saturated rings. The quantitative estimate of drug-likeness (QED) is 0.350. The molecule has 0 bridgehead atoms. The average molecular weight is 408 g/mol. The maximum Gasteiger partial charge on any atom is 0.336 e. The molecule has 4 rings (SSSR count). The number of hydrogen-bond donors (Lipinski definition) is 1. The molecular formula is C28H21FO2. The lowest BCUT2D eigenvalue weighted by atomic mass is 9.98. The molecule has 0 radical (unpaired) electrons. The summed E-state index contributed by atoms with van der Waals surface area (Å²) >= 11 is 0. The highest BCUT2D eigenvalue weighted by atomic mass is 19.1. The minimum Gasteiger partial charge on any atom is -0.478 e. The van der Waals surface area contributed by atoms with Gasteiger partial charge in [0.2, 0.25) is 0 Å². The van der Waals surface area contributed by atoms with E-state index in [1.165, 1.54) is 23.3 Å². The van der Waals surface area contributed by atoms with E-state index in [2.05, 4.69) is 24.3 Å². The minimum atomic E-state index is -0.983. The molecule has 0 aliphatic heterocycles. The second-order valence-corrected chi connectivity index (χ2v) is 7.35. The first kappa shape index (κ1) is 20.3. The predicted molar refractivity (Wildman–Crippen MR) is 123 cm³/mol. The Balaban J connectivity index is 1.57. The molecule has 0 saturated carbocycles. The second kappa shape index (κ2) is 9.23. The van der Waals surface area contributed by atoms with Crippen LogP contribution in [-0.2, 0) is 6.42 Å². The summed E-state index contributed by atoms with van der Waals surface area (Å²) in [4.78, 5) is 11.7. The van der Waals surface area contributed by atoms with E-state index in [-0.39, 0.29) is 11.4 Å². The van der Waals surface area contributed by atoms with Gasteiger partial charge in [0.1, 0.15) is 5.82 Å². The summed E-state index contributed by atoms with van der Waals surface area (Å²) in [7, 11) is 0. The van der Waals surface area contributed by atoms with Crippen molar-refractivity contribution in [2.45, 2.75) is 6.42 Å². The molecule has 31 heavy (non-hydrogen) atoms. The molecule has 152 valence electrons. The molecule has 0 saturated heterocycles. The van der Waals surface area contributed by atoms with Crippen molar-refractivity contribution in [3.8, 4) is 11.1 Å². The van der Waals surface area contributed by atoms with E-state index in [1.54, 1.807) is 24.3 Å². The third kappa shape index (κ3) is 5.14. The summed E-state index contributed by atoms with van der Waals surface area (Å²) in [5.74, 6) is -1.29. The fourth-order valence-corrected chi connectivity index (χ4v) is 3.48. The number of rotatable bonds is 6. The molecule has 4 aromatic carbocycles. The monoisotopic (exact) mass is 408 g/mol. The fourth-order valence-electron chi connectivity index (χ4n) is 3.48. The van der Waals surface area contributed by atoms with E-state index in [4.69, 9.17) is 0 Å². The highest BCUT2D eigenvalue weighted by Crippen LogP contribution is 2.25. The van der Waals surface area contributed by atoms with Gasteiger partial charge in [-0.15, -0.1) is 0 Å². The Labute approximate surface area is 180 Å². The van der Waals surface area contributed by atoms with Crippen LogP contribution >= 0.6 is 0 Å². The summed E-state index contributed by atoms with van der Waals surface area (Å²) in [5, 5.41) is 9.55. The molecule has 0 aliphatic rings. The van der Waals surface area contributed by atoms with Crippen LogP contribution in [0.5, 0.6) is 0 Å². The van der Waals surface area contributed by atoms with Crippen LogP contribution in [0.15, 0.2) is 97.1 Å². The standard InChI is InChI=1S/C28H21FO2/c29-26-15-12-23(13-16-26)24-14-17-27(28(30)31)25(19-24)11-10-20-6-8-22(9-7-20)18-21-4-2-1-3-5-21/h1-17,19H,18H2,(H,30,31). The summed E-state index contributed by atoms with van der Waals surface area (Å²) in [6.45, 7) is 0. The van der Waals surface area contributed by atoms with Crippen LogP contribution in [0, 0.1) is 5.82 Å². The van der Waals surface area contributed by atoms with Gasteiger partial charge in [-0.1, -0.05) is 84.9 Å². The van der Waals surface area contributed by atoms with E-state index in [9.17, 15) is 14.3 Å². The lowest BCUT2D eigenvalue weighted by Gasteiger charge is -2.07. The van der Waals surface area contributed by atoms with Gasteiger partial charge in [0, 0.05) is 0 Å². The first-order chi connectivity index (χ1) is 15.1. The Morgan fingerprint density at radius 1 is 0.742 bits per heavy atom. The van der Waals surface area contributed by atoms with Gasteiger partial charge in [-0.05, 0) is 64.1 Å². The third-order valence-electron chi connectivity index (χ3n) is 5.15. The zero-order chi connectivity index (χ0) is 21.6. The van der Waals surface area contributed by atoms with Crippen molar-refractivity contribution in [3.63, 3.8) is 0 Å². The Hall–Kier alpha value is -3.98. The first-order valence-electron chi connectivity index (χ1n) is 10.0. The third-order valence-corrected chi connectivity index (χ3v) is 5.15. The first-order valence-corrected chi connectivity index (χ1v) is 10.0. The lowest BCUT2D eigenvalue weighted by Crippen LogP contribution is -1.99. The molecule has 3 heteroatoms. The normalized spacial score (nSPS) is 11.0. The maximum absolute atomic E-state index is 13.2. The zero-order valence-electron chi connectivity index (χ0n) is 16.8. The maximum atomic E-state index is 13.2. The second-order valence-electron chi connectivity index (χ2n) is 7.35. The van der Waals surface area contributed by atoms with Crippen molar-refractivity contribution in [1.29, 1.82) is 0 Å². The van der Waals surface area contributed by atoms with Gasteiger partial charge >= 0.3 is 5.97 Å². The van der Waals surface area contributed by atoms with E-state index >= 15 is 0 Å². The predicted octanol–water partition coefficient (Wildman–Crippen LogP) is 6.95. The SMILES string of the molecule is O=C(O)c1ccc(-c2ccc(F)cc2)cc1C=Cc1ccc(Cc2ccccc2)cc1. The van der Waals surface area contributed by atoms with E-state index in [0.717, 1.165) is 23.1 Å². The molecule has 0 heterocycles. The zero-order valence-corrected chi connectivity index (χ0v) is 16.8. The van der Waals surface area contributed by atoms with E-state index < -0.39 is 5.97 Å². The smallest absolute Gasteiger partial charge is 0.336 e. The minimum absolute atomic E-state index is 0.225. The fraction of sp³-hybridized carbons (Fsp3) is 0.0357. The van der Waals surface area contributed by atoms with Crippen molar-refractivity contribution >= 4 is 18.1 Å². The molecular weight excluding hydrogens is 387 g/mol. The average Bonchev–Trinajstić information content (AvgIpc) is 2.79. The number of aromatic carboxylic acids is 1.